The van der Waals surface area contributed by atoms with Crippen molar-refractivity contribution in [1.82, 2.24) is 5.32 Å². The third kappa shape index (κ3) is 4.87. The molecule has 0 bridgehead atoms. The predicted molar refractivity (Wildman–Crippen MR) is 77.1 cm³/mol. The van der Waals surface area contributed by atoms with Crippen LogP contribution in [-0.2, 0) is 6.42 Å². The third-order valence-electron chi connectivity index (χ3n) is 2.97. The van der Waals surface area contributed by atoms with E-state index in [1.165, 1.54) is 6.42 Å². The van der Waals surface area contributed by atoms with E-state index in [9.17, 15) is 0 Å². The van der Waals surface area contributed by atoms with Crippen molar-refractivity contribution in [3.8, 4) is 0 Å². The van der Waals surface area contributed by atoms with Gasteiger partial charge in [0.25, 0.3) is 0 Å². The Balaban J connectivity index is 2.59. The molecule has 1 unspecified atom stereocenters. The molecule has 96 valence electrons. The number of benzene rings is 1. The van der Waals surface area contributed by atoms with E-state index in [-0.39, 0.29) is 0 Å². The lowest BCUT2D eigenvalue weighted by Gasteiger charge is -2.18. The minimum atomic E-state index is 0.530. The van der Waals surface area contributed by atoms with E-state index in [0.717, 1.165) is 28.5 Å². The molecule has 0 radical (unpaired) electrons. The zero-order chi connectivity index (χ0) is 12.8. The van der Waals surface area contributed by atoms with Crippen LogP contribution in [0.1, 0.15) is 32.3 Å². The number of rotatable bonds is 6. The molecule has 17 heavy (non-hydrogen) atoms. The topological polar surface area (TPSA) is 12.0 Å². The summed E-state index contributed by atoms with van der Waals surface area (Å²) in [5, 5.41) is 4.91. The molecule has 0 aliphatic heterocycles. The largest absolute Gasteiger partial charge is 0.317 e. The smallest absolute Gasteiger partial charge is 0.0452 e. The van der Waals surface area contributed by atoms with Crippen LogP contribution in [0.2, 0.25) is 10.0 Å². The maximum absolute atomic E-state index is 6.16. The molecule has 0 saturated carbocycles. The molecule has 3 heteroatoms. The quantitative estimate of drug-likeness (QED) is 0.801. The van der Waals surface area contributed by atoms with Gasteiger partial charge < -0.3 is 5.32 Å². The Kier molecular flexibility index (Phi) is 6.32. The van der Waals surface area contributed by atoms with Crippen LogP contribution in [0.4, 0.5) is 0 Å². The maximum atomic E-state index is 6.16. The summed E-state index contributed by atoms with van der Waals surface area (Å²) in [5.74, 6) is 0.703. The summed E-state index contributed by atoms with van der Waals surface area (Å²) in [6, 6.07) is 6.22. The average molecular weight is 274 g/mol. The number of halogens is 2. The molecular formula is C14H21Cl2N. The Morgan fingerprint density at radius 2 is 1.76 bits per heavy atom. The van der Waals surface area contributed by atoms with Crippen molar-refractivity contribution in [2.24, 2.45) is 5.92 Å². The fourth-order valence-electron chi connectivity index (χ4n) is 2.04. The summed E-state index contributed by atoms with van der Waals surface area (Å²) in [6.07, 6.45) is 3.17. The lowest BCUT2D eigenvalue weighted by atomic mass is 9.97. The van der Waals surface area contributed by atoms with Crippen LogP contribution in [0.25, 0.3) is 0 Å². The van der Waals surface area contributed by atoms with E-state index in [1.54, 1.807) is 0 Å². The molecule has 0 aliphatic carbocycles. The van der Waals surface area contributed by atoms with E-state index in [0.29, 0.717) is 12.0 Å². The Labute approximate surface area is 115 Å². The van der Waals surface area contributed by atoms with Crippen LogP contribution in [0, 0.1) is 5.92 Å². The molecule has 1 nitrogen and oxygen atoms in total. The van der Waals surface area contributed by atoms with Gasteiger partial charge in [-0.25, -0.2) is 0 Å². The zero-order valence-electron chi connectivity index (χ0n) is 10.8. The van der Waals surface area contributed by atoms with Crippen molar-refractivity contribution in [1.29, 1.82) is 0 Å². The fraction of sp³-hybridized carbons (Fsp3) is 0.571. The summed E-state index contributed by atoms with van der Waals surface area (Å²) in [5.41, 5.74) is 1.07. The van der Waals surface area contributed by atoms with Crippen LogP contribution in [-0.4, -0.2) is 13.1 Å². The molecule has 1 aromatic rings. The van der Waals surface area contributed by atoms with Crippen LogP contribution >= 0.6 is 23.2 Å². The molecule has 0 aliphatic rings. The highest BCUT2D eigenvalue weighted by Gasteiger charge is 2.11. The molecular weight excluding hydrogens is 253 g/mol. The predicted octanol–water partition coefficient (Wildman–Crippen LogP) is 4.56. The highest BCUT2D eigenvalue weighted by atomic mass is 35.5. The first-order valence-electron chi connectivity index (χ1n) is 6.14. The van der Waals surface area contributed by atoms with Crippen molar-refractivity contribution in [2.75, 3.05) is 7.05 Å². The van der Waals surface area contributed by atoms with Gasteiger partial charge in [-0.15, -0.1) is 0 Å². The van der Waals surface area contributed by atoms with Gasteiger partial charge in [0.1, 0.15) is 0 Å². The molecule has 0 heterocycles. The second-order valence-corrected chi connectivity index (χ2v) is 5.67. The van der Waals surface area contributed by atoms with Crippen molar-refractivity contribution >= 4 is 23.2 Å². The van der Waals surface area contributed by atoms with E-state index in [2.05, 4.69) is 19.2 Å². The van der Waals surface area contributed by atoms with Gasteiger partial charge in [0.2, 0.25) is 0 Å². The first-order chi connectivity index (χ1) is 8.04. The van der Waals surface area contributed by atoms with Crippen molar-refractivity contribution in [2.45, 2.75) is 39.2 Å². The standard InChI is InChI=1S/C14H21Cl2N/c1-10(2)9-11(17-3)7-8-12-13(15)5-4-6-14(12)16/h4-6,10-11,17H,7-9H2,1-3H3. The van der Waals surface area contributed by atoms with Gasteiger partial charge in [0.05, 0.1) is 0 Å². The summed E-state index contributed by atoms with van der Waals surface area (Å²) < 4.78 is 0. The molecule has 0 spiro atoms. The highest BCUT2D eigenvalue weighted by Crippen LogP contribution is 2.26. The van der Waals surface area contributed by atoms with E-state index >= 15 is 0 Å². The third-order valence-corrected chi connectivity index (χ3v) is 3.68. The van der Waals surface area contributed by atoms with Gasteiger partial charge in [-0.3, -0.25) is 0 Å². The zero-order valence-corrected chi connectivity index (χ0v) is 12.3. The molecule has 1 rings (SSSR count). The fourth-order valence-corrected chi connectivity index (χ4v) is 2.63. The Morgan fingerprint density at radius 3 is 2.24 bits per heavy atom. The minimum Gasteiger partial charge on any atom is -0.317 e. The monoisotopic (exact) mass is 273 g/mol. The van der Waals surface area contributed by atoms with Crippen molar-refractivity contribution < 1.29 is 0 Å². The summed E-state index contributed by atoms with van der Waals surface area (Å²) >= 11 is 12.3. The Hall–Kier alpha value is -0.240. The van der Waals surface area contributed by atoms with Crippen molar-refractivity contribution in [3.63, 3.8) is 0 Å². The first kappa shape index (κ1) is 14.8. The maximum Gasteiger partial charge on any atom is 0.0452 e. The summed E-state index contributed by atoms with van der Waals surface area (Å²) in [7, 11) is 2.02. The second-order valence-electron chi connectivity index (χ2n) is 4.85. The molecule has 0 saturated heterocycles. The number of hydrogen-bond acceptors (Lipinski definition) is 1. The molecule has 0 amide bonds. The number of nitrogens with one attached hydrogen (secondary N) is 1. The Bertz CT molecular complexity index is 330. The van der Waals surface area contributed by atoms with Crippen LogP contribution in [0.5, 0.6) is 0 Å². The van der Waals surface area contributed by atoms with Gasteiger partial charge in [0.15, 0.2) is 0 Å². The van der Waals surface area contributed by atoms with E-state index in [1.807, 2.05) is 25.2 Å². The van der Waals surface area contributed by atoms with Crippen LogP contribution in [0.15, 0.2) is 18.2 Å². The molecule has 1 aromatic carbocycles. The van der Waals surface area contributed by atoms with Gasteiger partial charge in [-0.05, 0) is 49.9 Å². The van der Waals surface area contributed by atoms with Gasteiger partial charge in [0, 0.05) is 16.1 Å². The normalized spacial score (nSPS) is 13.1. The minimum absolute atomic E-state index is 0.530. The van der Waals surface area contributed by atoms with Gasteiger partial charge in [-0.1, -0.05) is 43.1 Å². The first-order valence-corrected chi connectivity index (χ1v) is 6.90. The molecule has 0 aromatic heterocycles. The average Bonchev–Trinajstić information content (AvgIpc) is 2.26. The molecule has 0 fully saturated rings. The molecule has 1 N–H and O–H groups in total. The van der Waals surface area contributed by atoms with Gasteiger partial charge in [-0.2, -0.15) is 0 Å². The Morgan fingerprint density at radius 1 is 1.18 bits per heavy atom. The second kappa shape index (κ2) is 7.25. The van der Waals surface area contributed by atoms with E-state index < -0.39 is 0 Å². The molecule has 1 atom stereocenters. The van der Waals surface area contributed by atoms with Crippen LogP contribution in [0.3, 0.4) is 0 Å². The van der Waals surface area contributed by atoms with Crippen LogP contribution < -0.4 is 5.32 Å². The lowest BCUT2D eigenvalue weighted by Crippen LogP contribution is -2.27. The van der Waals surface area contributed by atoms with Crippen molar-refractivity contribution in [3.05, 3.63) is 33.8 Å². The lowest BCUT2D eigenvalue weighted by molar-refractivity contribution is 0.422. The highest BCUT2D eigenvalue weighted by molar-refractivity contribution is 6.35. The summed E-state index contributed by atoms with van der Waals surface area (Å²) in [4.78, 5) is 0. The summed E-state index contributed by atoms with van der Waals surface area (Å²) in [6.45, 7) is 4.49. The van der Waals surface area contributed by atoms with E-state index in [4.69, 9.17) is 23.2 Å². The van der Waals surface area contributed by atoms with Gasteiger partial charge >= 0.3 is 0 Å². The number of hydrogen-bond donors (Lipinski definition) is 1. The SMILES string of the molecule is CNC(CCc1c(Cl)cccc1Cl)CC(C)C.